The molecule has 6 heteroatoms. The lowest BCUT2D eigenvalue weighted by Crippen LogP contribution is -2.37. The van der Waals surface area contributed by atoms with E-state index >= 15 is 0 Å². The molecule has 2 rings (SSSR count). The van der Waals surface area contributed by atoms with Crippen molar-refractivity contribution < 1.29 is 14.3 Å². The molecule has 124 valence electrons. The average Bonchev–Trinajstić information content (AvgIpc) is 2.98. The van der Waals surface area contributed by atoms with Crippen molar-refractivity contribution in [3.8, 4) is 11.5 Å². The smallest absolute Gasteiger partial charge is 0.236 e. The van der Waals surface area contributed by atoms with E-state index in [9.17, 15) is 4.79 Å². The van der Waals surface area contributed by atoms with E-state index in [1.807, 2.05) is 18.2 Å². The third kappa shape index (κ3) is 4.78. The van der Waals surface area contributed by atoms with Gasteiger partial charge in [-0.2, -0.15) is 0 Å². The Morgan fingerprint density at radius 3 is 2.68 bits per heavy atom. The van der Waals surface area contributed by atoms with Gasteiger partial charge >= 0.3 is 0 Å². The highest BCUT2D eigenvalue weighted by atomic mass is 35.5. The molecule has 1 aliphatic rings. The normalized spacial score (nSPS) is 15.8. The number of benzene rings is 1. The predicted molar refractivity (Wildman–Crippen MR) is 88.6 cm³/mol. The van der Waals surface area contributed by atoms with E-state index in [-0.39, 0.29) is 24.4 Å². The van der Waals surface area contributed by atoms with Gasteiger partial charge in [0.25, 0.3) is 0 Å². The zero-order valence-electron chi connectivity index (χ0n) is 13.1. The maximum atomic E-state index is 11.6. The molecule has 1 aromatic carbocycles. The Hall–Kier alpha value is -1.46. The summed E-state index contributed by atoms with van der Waals surface area (Å²) in [5.74, 6) is 1.26. The lowest BCUT2D eigenvalue weighted by Gasteiger charge is -2.19. The standard InChI is InChI=1S/C16H24N2O3.ClH/c1-11(17)16(19)18-10-12-6-5-9-14(20-2)15(12)21-13-7-3-4-8-13;/h5-6,9,11,13H,3-4,7-8,10,17H2,1-2H3,(H,18,19);1H/t11-;/m1./s1. The van der Waals surface area contributed by atoms with E-state index in [1.165, 1.54) is 12.8 Å². The van der Waals surface area contributed by atoms with E-state index in [2.05, 4.69) is 5.32 Å². The van der Waals surface area contributed by atoms with Gasteiger partial charge in [0.05, 0.1) is 19.3 Å². The summed E-state index contributed by atoms with van der Waals surface area (Å²) in [7, 11) is 1.63. The summed E-state index contributed by atoms with van der Waals surface area (Å²) in [5.41, 5.74) is 6.47. The summed E-state index contributed by atoms with van der Waals surface area (Å²) in [6, 6.07) is 5.19. The lowest BCUT2D eigenvalue weighted by molar-refractivity contribution is -0.122. The number of hydrogen-bond donors (Lipinski definition) is 2. The van der Waals surface area contributed by atoms with Crippen molar-refractivity contribution >= 4 is 18.3 Å². The number of carbonyl (C=O) groups is 1. The zero-order valence-corrected chi connectivity index (χ0v) is 13.9. The Kier molecular flexibility index (Phi) is 7.48. The molecule has 0 unspecified atom stereocenters. The number of methoxy groups -OCH3 is 1. The third-order valence-corrected chi connectivity index (χ3v) is 3.73. The molecule has 1 aliphatic carbocycles. The van der Waals surface area contributed by atoms with Gasteiger partial charge in [-0.25, -0.2) is 0 Å². The Bertz CT molecular complexity index is 488. The highest BCUT2D eigenvalue weighted by Gasteiger charge is 2.20. The molecule has 1 atom stereocenters. The molecule has 22 heavy (non-hydrogen) atoms. The first-order valence-corrected chi connectivity index (χ1v) is 7.47. The van der Waals surface area contributed by atoms with E-state index in [0.717, 1.165) is 24.2 Å². The molecule has 1 amide bonds. The number of rotatable bonds is 6. The first-order chi connectivity index (χ1) is 10.1. The molecule has 0 heterocycles. The van der Waals surface area contributed by atoms with Crippen LogP contribution in [0.15, 0.2) is 18.2 Å². The van der Waals surface area contributed by atoms with Crippen molar-refractivity contribution in [2.45, 2.75) is 51.3 Å². The summed E-state index contributed by atoms with van der Waals surface area (Å²) in [5, 5.41) is 2.82. The summed E-state index contributed by atoms with van der Waals surface area (Å²) in [6.45, 7) is 2.05. The molecule has 0 spiro atoms. The first-order valence-electron chi connectivity index (χ1n) is 7.47. The van der Waals surface area contributed by atoms with E-state index in [0.29, 0.717) is 12.3 Å². The Morgan fingerprint density at radius 2 is 2.09 bits per heavy atom. The van der Waals surface area contributed by atoms with Gasteiger partial charge in [0.1, 0.15) is 0 Å². The van der Waals surface area contributed by atoms with Gasteiger partial charge in [0.15, 0.2) is 11.5 Å². The minimum absolute atomic E-state index is 0. The molecule has 1 aromatic rings. The summed E-state index contributed by atoms with van der Waals surface area (Å²) >= 11 is 0. The van der Waals surface area contributed by atoms with Gasteiger partial charge < -0.3 is 20.5 Å². The van der Waals surface area contributed by atoms with Crippen LogP contribution in [0, 0.1) is 0 Å². The predicted octanol–water partition coefficient (Wildman–Crippen LogP) is 2.40. The van der Waals surface area contributed by atoms with Gasteiger partial charge in [-0.1, -0.05) is 12.1 Å². The van der Waals surface area contributed by atoms with Gasteiger partial charge in [-0.15, -0.1) is 12.4 Å². The molecule has 3 N–H and O–H groups in total. The zero-order chi connectivity index (χ0) is 15.2. The van der Waals surface area contributed by atoms with Crippen LogP contribution in [0.1, 0.15) is 38.2 Å². The van der Waals surface area contributed by atoms with Crippen LogP contribution in [0.5, 0.6) is 11.5 Å². The van der Waals surface area contributed by atoms with Crippen LogP contribution in [0.3, 0.4) is 0 Å². The molecule has 0 aromatic heterocycles. The molecule has 0 saturated heterocycles. The van der Waals surface area contributed by atoms with Gasteiger partial charge in [-0.3, -0.25) is 4.79 Å². The van der Waals surface area contributed by atoms with Crippen molar-refractivity contribution in [3.63, 3.8) is 0 Å². The van der Waals surface area contributed by atoms with Crippen LogP contribution in [0.25, 0.3) is 0 Å². The number of para-hydroxylation sites is 1. The highest BCUT2D eigenvalue weighted by Crippen LogP contribution is 2.34. The quantitative estimate of drug-likeness (QED) is 0.841. The van der Waals surface area contributed by atoms with Gasteiger partial charge in [0.2, 0.25) is 5.91 Å². The minimum Gasteiger partial charge on any atom is -0.493 e. The van der Waals surface area contributed by atoms with Crippen molar-refractivity contribution in [2.24, 2.45) is 5.73 Å². The second kappa shape index (κ2) is 8.86. The third-order valence-electron chi connectivity index (χ3n) is 3.73. The van der Waals surface area contributed by atoms with Crippen molar-refractivity contribution in [1.29, 1.82) is 0 Å². The number of amides is 1. The van der Waals surface area contributed by atoms with Crippen molar-refractivity contribution in [1.82, 2.24) is 5.32 Å². The van der Waals surface area contributed by atoms with E-state index in [4.69, 9.17) is 15.2 Å². The van der Waals surface area contributed by atoms with Crippen molar-refractivity contribution in [3.05, 3.63) is 23.8 Å². The van der Waals surface area contributed by atoms with Crippen LogP contribution < -0.4 is 20.5 Å². The van der Waals surface area contributed by atoms with E-state index < -0.39 is 6.04 Å². The number of hydrogen-bond acceptors (Lipinski definition) is 4. The van der Waals surface area contributed by atoms with Crippen LogP contribution >= 0.6 is 12.4 Å². The average molecular weight is 329 g/mol. The van der Waals surface area contributed by atoms with Crippen LogP contribution in [0.4, 0.5) is 0 Å². The number of carbonyl (C=O) groups excluding carboxylic acids is 1. The monoisotopic (exact) mass is 328 g/mol. The van der Waals surface area contributed by atoms with Crippen LogP contribution in [0.2, 0.25) is 0 Å². The molecule has 1 fully saturated rings. The Morgan fingerprint density at radius 1 is 1.41 bits per heavy atom. The molecular formula is C16H25ClN2O3. The summed E-state index contributed by atoms with van der Waals surface area (Å²) < 4.78 is 11.5. The Labute approximate surface area is 138 Å². The molecule has 5 nitrogen and oxygen atoms in total. The molecule has 0 bridgehead atoms. The minimum atomic E-state index is -0.519. The fraction of sp³-hybridized carbons (Fsp3) is 0.562. The summed E-state index contributed by atoms with van der Waals surface area (Å²) in [6.07, 6.45) is 4.80. The second-order valence-electron chi connectivity index (χ2n) is 5.48. The highest BCUT2D eigenvalue weighted by molar-refractivity contribution is 5.85. The van der Waals surface area contributed by atoms with E-state index in [1.54, 1.807) is 14.0 Å². The Balaban J connectivity index is 0.00000242. The number of nitrogens with one attached hydrogen (secondary N) is 1. The second-order valence-corrected chi connectivity index (χ2v) is 5.48. The van der Waals surface area contributed by atoms with Gasteiger partial charge in [0, 0.05) is 12.1 Å². The van der Waals surface area contributed by atoms with Crippen LogP contribution in [-0.4, -0.2) is 25.2 Å². The molecule has 0 radical (unpaired) electrons. The van der Waals surface area contributed by atoms with Crippen molar-refractivity contribution in [2.75, 3.05) is 7.11 Å². The van der Waals surface area contributed by atoms with Crippen LogP contribution in [-0.2, 0) is 11.3 Å². The maximum Gasteiger partial charge on any atom is 0.236 e. The SMILES string of the molecule is COc1cccc(CNC(=O)[C@@H](C)N)c1OC1CCCC1.Cl. The number of ether oxygens (including phenoxy) is 2. The number of nitrogens with two attached hydrogens (primary N) is 1. The molecular weight excluding hydrogens is 304 g/mol. The fourth-order valence-corrected chi connectivity index (χ4v) is 2.51. The maximum absolute atomic E-state index is 11.6. The molecule has 1 saturated carbocycles. The topological polar surface area (TPSA) is 73.6 Å². The fourth-order valence-electron chi connectivity index (χ4n) is 2.51. The molecule has 0 aliphatic heterocycles. The number of halogens is 1. The largest absolute Gasteiger partial charge is 0.493 e. The first kappa shape index (κ1) is 18.6. The summed E-state index contributed by atoms with van der Waals surface area (Å²) in [4.78, 5) is 11.6. The lowest BCUT2D eigenvalue weighted by atomic mass is 10.1. The van der Waals surface area contributed by atoms with Gasteiger partial charge in [-0.05, 0) is 38.7 Å².